The molecular weight excluding hydrogens is 200 g/mol. The number of nitrogens with one attached hydrogen (secondary N) is 2. The summed E-state index contributed by atoms with van der Waals surface area (Å²) >= 11 is 0. The summed E-state index contributed by atoms with van der Waals surface area (Å²) in [4.78, 5) is 15.0. The summed E-state index contributed by atoms with van der Waals surface area (Å²) in [6.45, 7) is 0.817. The van der Waals surface area contributed by atoms with Crippen molar-refractivity contribution in [3.8, 4) is 0 Å². The molecule has 1 atom stereocenters. The van der Waals surface area contributed by atoms with Crippen LogP contribution in [0.2, 0.25) is 0 Å². The minimum absolute atomic E-state index is 0.0184. The Morgan fingerprint density at radius 1 is 1.25 bits per heavy atom. The number of amides is 1. The van der Waals surface area contributed by atoms with E-state index >= 15 is 0 Å². The summed E-state index contributed by atoms with van der Waals surface area (Å²) in [5.74, 6) is 0.181. The van der Waals surface area contributed by atoms with Crippen molar-refractivity contribution in [1.29, 1.82) is 0 Å². The molecule has 1 saturated heterocycles. The maximum absolute atomic E-state index is 11.8. The molecule has 0 bridgehead atoms. The van der Waals surface area contributed by atoms with Gasteiger partial charge in [-0.15, -0.1) is 0 Å². The van der Waals surface area contributed by atoms with Crippen molar-refractivity contribution in [3.63, 3.8) is 0 Å². The van der Waals surface area contributed by atoms with E-state index in [-0.39, 0.29) is 11.8 Å². The summed E-state index contributed by atoms with van der Waals surface area (Å²) in [6.07, 6.45) is 3.99. The number of benzene rings is 1. The number of carbonyl (C=O) groups is 1. The van der Waals surface area contributed by atoms with Crippen LogP contribution in [-0.4, -0.2) is 17.4 Å². The second-order valence-electron chi connectivity index (χ2n) is 4.28. The number of H-pyrrole nitrogens is 1. The van der Waals surface area contributed by atoms with E-state index in [1.54, 1.807) is 0 Å². The predicted molar refractivity (Wildman–Crippen MR) is 63.3 cm³/mol. The van der Waals surface area contributed by atoms with Crippen LogP contribution in [0, 0.1) is 0 Å². The van der Waals surface area contributed by atoms with E-state index < -0.39 is 0 Å². The number of fused-ring (bicyclic) bond motifs is 1. The second kappa shape index (κ2) is 3.67. The van der Waals surface area contributed by atoms with Crippen molar-refractivity contribution in [2.75, 3.05) is 6.54 Å². The predicted octanol–water partition coefficient (Wildman–Crippen LogP) is 2.16. The molecule has 3 heteroatoms. The lowest BCUT2D eigenvalue weighted by molar-refractivity contribution is -0.123. The summed E-state index contributed by atoms with van der Waals surface area (Å²) in [5, 5.41) is 4.10. The van der Waals surface area contributed by atoms with E-state index in [1.807, 2.05) is 24.4 Å². The SMILES string of the molecule is O=C1NCCCC1c1c[nH]c2ccccc12. The highest BCUT2D eigenvalue weighted by atomic mass is 16.1. The van der Waals surface area contributed by atoms with E-state index in [1.165, 1.54) is 5.39 Å². The lowest BCUT2D eigenvalue weighted by Crippen LogP contribution is -2.34. The number of hydrogen-bond donors (Lipinski definition) is 2. The van der Waals surface area contributed by atoms with Crippen LogP contribution in [0.1, 0.15) is 24.3 Å². The van der Waals surface area contributed by atoms with Gasteiger partial charge in [0.2, 0.25) is 5.91 Å². The van der Waals surface area contributed by atoms with Gasteiger partial charge in [0.25, 0.3) is 0 Å². The monoisotopic (exact) mass is 214 g/mol. The van der Waals surface area contributed by atoms with Crippen LogP contribution in [0.4, 0.5) is 0 Å². The Morgan fingerprint density at radius 2 is 2.12 bits per heavy atom. The largest absolute Gasteiger partial charge is 0.361 e. The maximum atomic E-state index is 11.8. The minimum Gasteiger partial charge on any atom is -0.361 e. The van der Waals surface area contributed by atoms with Crippen LogP contribution in [-0.2, 0) is 4.79 Å². The van der Waals surface area contributed by atoms with Crippen molar-refractivity contribution in [1.82, 2.24) is 10.3 Å². The molecule has 0 spiro atoms. The molecule has 3 nitrogen and oxygen atoms in total. The lowest BCUT2D eigenvalue weighted by atomic mass is 9.91. The van der Waals surface area contributed by atoms with E-state index in [9.17, 15) is 4.79 Å². The second-order valence-corrected chi connectivity index (χ2v) is 4.28. The fourth-order valence-corrected chi connectivity index (χ4v) is 2.45. The molecule has 1 aromatic carbocycles. The standard InChI is InChI=1S/C13H14N2O/c16-13-10(5-3-7-14-13)11-8-15-12-6-2-1-4-9(11)12/h1-2,4,6,8,10,15H,3,5,7H2,(H,14,16). The molecule has 1 aliphatic rings. The molecule has 1 aliphatic heterocycles. The van der Waals surface area contributed by atoms with Crippen LogP contribution in [0.3, 0.4) is 0 Å². The molecule has 1 amide bonds. The topological polar surface area (TPSA) is 44.9 Å². The molecule has 2 N–H and O–H groups in total. The van der Waals surface area contributed by atoms with Crippen molar-refractivity contribution in [2.45, 2.75) is 18.8 Å². The Hall–Kier alpha value is -1.77. The van der Waals surface area contributed by atoms with E-state index in [0.717, 1.165) is 30.5 Å². The molecule has 0 aliphatic carbocycles. The molecule has 0 radical (unpaired) electrons. The number of piperidine rings is 1. The van der Waals surface area contributed by atoms with Gasteiger partial charge in [-0.25, -0.2) is 0 Å². The molecule has 2 heterocycles. The van der Waals surface area contributed by atoms with Gasteiger partial charge in [-0.1, -0.05) is 18.2 Å². The fraction of sp³-hybridized carbons (Fsp3) is 0.308. The average Bonchev–Trinajstić information content (AvgIpc) is 2.74. The molecule has 3 rings (SSSR count). The van der Waals surface area contributed by atoms with Gasteiger partial charge < -0.3 is 10.3 Å². The van der Waals surface area contributed by atoms with Crippen molar-refractivity contribution < 1.29 is 4.79 Å². The third kappa shape index (κ3) is 1.40. The highest BCUT2D eigenvalue weighted by Gasteiger charge is 2.25. The molecule has 1 unspecified atom stereocenters. The number of aromatic amines is 1. The summed E-state index contributed by atoms with van der Waals surface area (Å²) in [5.41, 5.74) is 2.24. The third-order valence-electron chi connectivity index (χ3n) is 3.28. The molecular formula is C13H14N2O. The molecule has 2 aromatic rings. The first-order valence-corrected chi connectivity index (χ1v) is 5.70. The van der Waals surface area contributed by atoms with Crippen molar-refractivity contribution >= 4 is 16.8 Å². The summed E-state index contributed by atoms with van der Waals surface area (Å²) < 4.78 is 0. The third-order valence-corrected chi connectivity index (χ3v) is 3.28. The normalized spacial score (nSPS) is 21.0. The van der Waals surface area contributed by atoms with Gasteiger partial charge in [0, 0.05) is 23.6 Å². The van der Waals surface area contributed by atoms with Crippen molar-refractivity contribution in [3.05, 3.63) is 36.0 Å². The Labute approximate surface area is 93.9 Å². The maximum Gasteiger partial charge on any atom is 0.227 e. The zero-order valence-corrected chi connectivity index (χ0v) is 8.99. The molecule has 82 valence electrons. The van der Waals surface area contributed by atoms with E-state index in [2.05, 4.69) is 16.4 Å². The quantitative estimate of drug-likeness (QED) is 0.750. The zero-order valence-electron chi connectivity index (χ0n) is 8.99. The van der Waals surface area contributed by atoms with Gasteiger partial charge in [0.05, 0.1) is 5.92 Å². The minimum atomic E-state index is 0.0184. The molecule has 16 heavy (non-hydrogen) atoms. The lowest BCUT2D eigenvalue weighted by Gasteiger charge is -2.21. The molecule has 1 fully saturated rings. The highest BCUT2D eigenvalue weighted by Crippen LogP contribution is 2.30. The van der Waals surface area contributed by atoms with Gasteiger partial charge in [-0.05, 0) is 24.5 Å². The Bertz CT molecular complexity index is 529. The number of hydrogen-bond acceptors (Lipinski definition) is 1. The van der Waals surface area contributed by atoms with Gasteiger partial charge in [-0.3, -0.25) is 4.79 Å². The van der Waals surface area contributed by atoms with Crippen LogP contribution in [0.15, 0.2) is 30.5 Å². The van der Waals surface area contributed by atoms with Crippen LogP contribution in [0.5, 0.6) is 0 Å². The van der Waals surface area contributed by atoms with Gasteiger partial charge in [0.15, 0.2) is 0 Å². The van der Waals surface area contributed by atoms with E-state index in [4.69, 9.17) is 0 Å². The zero-order chi connectivity index (χ0) is 11.0. The van der Waals surface area contributed by atoms with Gasteiger partial charge >= 0.3 is 0 Å². The van der Waals surface area contributed by atoms with Gasteiger partial charge in [0.1, 0.15) is 0 Å². The van der Waals surface area contributed by atoms with Crippen LogP contribution >= 0.6 is 0 Å². The number of carbonyl (C=O) groups excluding carboxylic acids is 1. The smallest absolute Gasteiger partial charge is 0.227 e. The first-order valence-electron chi connectivity index (χ1n) is 5.70. The van der Waals surface area contributed by atoms with Crippen LogP contribution in [0.25, 0.3) is 10.9 Å². The Kier molecular flexibility index (Phi) is 2.17. The summed E-state index contributed by atoms with van der Waals surface area (Å²) in [7, 11) is 0. The highest BCUT2D eigenvalue weighted by molar-refractivity contribution is 5.92. The summed E-state index contributed by atoms with van der Waals surface area (Å²) in [6, 6.07) is 8.13. The van der Waals surface area contributed by atoms with Gasteiger partial charge in [-0.2, -0.15) is 0 Å². The number of para-hydroxylation sites is 1. The fourth-order valence-electron chi connectivity index (χ4n) is 2.45. The first kappa shape index (κ1) is 9.46. The average molecular weight is 214 g/mol. The molecule has 1 aromatic heterocycles. The Morgan fingerprint density at radius 3 is 3.00 bits per heavy atom. The number of rotatable bonds is 1. The Balaban J connectivity index is 2.08. The van der Waals surface area contributed by atoms with E-state index in [0.29, 0.717) is 0 Å². The first-order chi connectivity index (χ1) is 7.86. The van der Waals surface area contributed by atoms with Crippen molar-refractivity contribution in [2.24, 2.45) is 0 Å². The van der Waals surface area contributed by atoms with Crippen LogP contribution < -0.4 is 5.32 Å². The molecule has 0 saturated carbocycles. The number of aromatic nitrogens is 1.